The van der Waals surface area contributed by atoms with Crippen LogP contribution < -0.4 is 5.32 Å². The van der Waals surface area contributed by atoms with Gasteiger partial charge < -0.3 is 5.32 Å². The van der Waals surface area contributed by atoms with Gasteiger partial charge in [-0.25, -0.2) is 13.5 Å². The van der Waals surface area contributed by atoms with Crippen molar-refractivity contribution in [1.82, 2.24) is 14.6 Å². The van der Waals surface area contributed by atoms with Crippen LogP contribution >= 0.6 is 11.6 Å². The van der Waals surface area contributed by atoms with Crippen molar-refractivity contribution in [3.8, 4) is 11.8 Å². The van der Waals surface area contributed by atoms with Crippen molar-refractivity contribution in [2.45, 2.75) is 31.7 Å². The van der Waals surface area contributed by atoms with E-state index in [-0.39, 0.29) is 6.04 Å². The van der Waals surface area contributed by atoms with Crippen LogP contribution in [0.3, 0.4) is 0 Å². The lowest BCUT2D eigenvalue weighted by atomic mass is 10.2. The Morgan fingerprint density at radius 1 is 1.50 bits per heavy atom. The zero-order valence-corrected chi connectivity index (χ0v) is 13.6. The van der Waals surface area contributed by atoms with Crippen LogP contribution in [-0.4, -0.2) is 39.2 Å². The first-order chi connectivity index (χ1) is 9.70. The molecule has 1 aromatic rings. The molecule has 20 heavy (non-hydrogen) atoms. The summed E-state index contributed by atoms with van der Waals surface area (Å²) in [4.78, 5) is 4.62. The summed E-state index contributed by atoms with van der Waals surface area (Å²) in [5.74, 6) is 5.93. The van der Waals surface area contributed by atoms with Crippen molar-refractivity contribution in [2.75, 3.05) is 19.6 Å². The standard InChI is InChI=1S/C12H14ClN3OS.C2H6/c1-2-3-10-9-16(7-6-14-10)18(17)11-4-5-12(13)15-8-11;1-2/h4-5,8,10,14H,6-7,9H2,1H3;1-2H3. The molecule has 0 radical (unpaired) electrons. The van der Waals surface area contributed by atoms with Crippen molar-refractivity contribution in [3.05, 3.63) is 23.5 Å². The zero-order valence-electron chi connectivity index (χ0n) is 12.0. The Morgan fingerprint density at radius 3 is 2.85 bits per heavy atom. The largest absolute Gasteiger partial charge is 0.301 e. The number of halogens is 1. The van der Waals surface area contributed by atoms with Crippen molar-refractivity contribution in [2.24, 2.45) is 0 Å². The van der Waals surface area contributed by atoms with Gasteiger partial charge >= 0.3 is 0 Å². The van der Waals surface area contributed by atoms with Crippen molar-refractivity contribution >= 4 is 22.6 Å². The lowest BCUT2D eigenvalue weighted by Crippen LogP contribution is -2.50. The Labute approximate surface area is 128 Å². The molecule has 2 rings (SSSR count). The van der Waals surface area contributed by atoms with Gasteiger partial charge in [-0.2, -0.15) is 0 Å². The van der Waals surface area contributed by atoms with Crippen molar-refractivity contribution < 1.29 is 4.21 Å². The highest BCUT2D eigenvalue weighted by molar-refractivity contribution is 7.82. The Bertz CT molecular complexity index is 495. The summed E-state index contributed by atoms with van der Waals surface area (Å²) in [6.45, 7) is 7.97. The molecule has 1 fully saturated rings. The van der Waals surface area contributed by atoms with E-state index in [9.17, 15) is 4.21 Å². The van der Waals surface area contributed by atoms with Crippen molar-refractivity contribution in [1.29, 1.82) is 0 Å². The van der Waals surface area contributed by atoms with Gasteiger partial charge in [0.25, 0.3) is 0 Å². The van der Waals surface area contributed by atoms with Crippen LogP contribution in [0.5, 0.6) is 0 Å². The Hall–Kier alpha value is -0.930. The molecular weight excluding hydrogens is 294 g/mol. The first-order valence-electron chi connectivity index (χ1n) is 6.65. The van der Waals surface area contributed by atoms with E-state index in [1.807, 2.05) is 18.2 Å². The fourth-order valence-corrected chi connectivity index (χ4v) is 3.04. The fourth-order valence-electron chi connectivity index (χ4n) is 1.76. The predicted octanol–water partition coefficient (Wildman–Crippen LogP) is 2.08. The second kappa shape index (κ2) is 9.09. The summed E-state index contributed by atoms with van der Waals surface area (Å²) in [6, 6.07) is 3.47. The van der Waals surface area contributed by atoms with Gasteiger partial charge in [0, 0.05) is 25.8 Å². The summed E-state index contributed by atoms with van der Waals surface area (Å²) in [6.07, 6.45) is 1.56. The van der Waals surface area contributed by atoms with E-state index in [0.29, 0.717) is 16.6 Å². The number of hydrogen-bond acceptors (Lipinski definition) is 3. The predicted molar refractivity (Wildman–Crippen MR) is 83.8 cm³/mol. The summed E-state index contributed by atoms with van der Waals surface area (Å²) in [5.41, 5.74) is 0. The molecule has 0 spiro atoms. The van der Waals surface area contributed by atoms with Gasteiger partial charge in [0.2, 0.25) is 0 Å². The van der Waals surface area contributed by atoms with E-state index in [4.69, 9.17) is 11.6 Å². The average Bonchev–Trinajstić information content (AvgIpc) is 2.50. The summed E-state index contributed by atoms with van der Waals surface area (Å²) >= 11 is 5.71. The molecule has 6 heteroatoms. The van der Waals surface area contributed by atoms with Gasteiger partial charge in [0.1, 0.15) is 16.1 Å². The highest BCUT2D eigenvalue weighted by atomic mass is 35.5. The van der Waals surface area contributed by atoms with Gasteiger partial charge in [-0.05, 0) is 19.1 Å². The second-order valence-corrected chi connectivity index (χ2v) is 5.73. The number of piperazine rings is 1. The van der Waals surface area contributed by atoms with E-state index < -0.39 is 11.0 Å². The topological polar surface area (TPSA) is 45.2 Å². The second-order valence-electron chi connectivity index (χ2n) is 3.85. The van der Waals surface area contributed by atoms with Crippen LogP contribution in [0.15, 0.2) is 23.2 Å². The first kappa shape index (κ1) is 17.1. The van der Waals surface area contributed by atoms with E-state index in [0.717, 1.165) is 13.1 Å². The maximum absolute atomic E-state index is 12.3. The Balaban J connectivity index is 0.000000956. The van der Waals surface area contributed by atoms with Gasteiger partial charge in [-0.3, -0.25) is 0 Å². The molecule has 4 nitrogen and oxygen atoms in total. The molecule has 1 aliphatic rings. The molecule has 110 valence electrons. The zero-order chi connectivity index (χ0) is 15.0. The average molecular weight is 314 g/mol. The van der Waals surface area contributed by atoms with E-state index >= 15 is 0 Å². The van der Waals surface area contributed by atoms with Gasteiger partial charge in [-0.1, -0.05) is 31.4 Å². The molecule has 1 N–H and O–H groups in total. The first-order valence-corrected chi connectivity index (χ1v) is 8.13. The Morgan fingerprint density at radius 2 is 2.25 bits per heavy atom. The Kier molecular flexibility index (Phi) is 7.78. The van der Waals surface area contributed by atoms with Crippen LogP contribution in [0, 0.1) is 11.8 Å². The third kappa shape index (κ3) is 4.88. The van der Waals surface area contributed by atoms with Gasteiger partial charge in [0.15, 0.2) is 0 Å². The minimum atomic E-state index is -1.20. The number of pyridine rings is 1. The molecule has 1 saturated heterocycles. The molecule has 1 aromatic heterocycles. The number of hydrogen-bond donors (Lipinski definition) is 1. The molecule has 0 bridgehead atoms. The quantitative estimate of drug-likeness (QED) is 0.671. The number of aromatic nitrogens is 1. The van der Waals surface area contributed by atoms with Gasteiger partial charge in [-0.15, -0.1) is 5.92 Å². The minimum Gasteiger partial charge on any atom is -0.301 e. The van der Waals surface area contributed by atoms with Gasteiger partial charge in [0.05, 0.1) is 10.9 Å². The summed E-state index contributed by atoms with van der Waals surface area (Å²) in [5, 5.41) is 3.69. The summed E-state index contributed by atoms with van der Waals surface area (Å²) < 4.78 is 14.2. The maximum atomic E-state index is 12.3. The SMILES string of the molecule is CC.CC#CC1CN(S(=O)c2ccc(Cl)nc2)CCN1. The molecule has 0 amide bonds. The minimum absolute atomic E-state index is 0.0768. The highest BCUT2D eigenvalue weighted by Crippen LogP contribution is 2.14. The lowest BCUT2D eigenvalue weighted by Gasteiger charge is -2.29. The molecule has 0 saturated carbocycles. The third-order valence-electron chi connectivity index (χ3n) is 2.59. The van der Waals surface area contributed by atoms with Crippen LogP contribution in [0.1, 0.15) is 20.8 Å². The van der Waals surface area contributed by atoms with Crippen molar-refractivity contribution in [3.63, 3.8) is 0 Å². The van der Waals surface area contributed by atoms with E-state index in [1.54, 1.807) is 25.3 Å². The molecule has 0 aliphatic carbocycles. The van der Waals surface area contributed by atoms with Crippen LogP contribution in [-0.2, 0) is 11.0 Å². The van der Waals surface area contributed by atoms with Crippen LogP contribution in [0.25, 0.3) is 0 Å². The smallest absolute Gasteiger partial charge is 0.129 e. The lowest BCUT2D eigenvalue weighted by molar-refractivity contribution is 0.347. The number of nitrogens with zero attached hydrogens (tertiary/aromatic N) is 2. The van der Waals surface area contributed by atoms with Crippen LogP contribution in [0.4, 0.5) is 0 Å². The molecule has 2 atom stereocenters. The number of nitrogens with one attached hydrogen (secondary N) is 1. The molecular formula is C14H20ClN3OS. The number of rotatable bonds is 2. The van der Waals surface area contributed by atoms with Crippen LogP contribution in [0.2, 0.25) is 5.15 Å². The molecule has 1 aliphatic heterocycles. The monoisotopic (exact) mass is 313 g/mol. The molecule has 2 unspecified atom stereocenters. The maximum Gasteiger partial charge on any atom is 0.129 e. The summed E-state index contributed by atoms with van der Waals surface area (Å²) in [7, 11) is -1.20. The molecule has 2 heterocycles. The fraction of sp³-hybridized carbons (Fsp3) is 0.500. The molecule has 0 aromatic carbocycles. The van der Waals surface area contributed by atoms with E-state index in [1.165, 1.54) is 0 Å². The normalized spacial score (nSPS) is 20.1. The highest BCUT2D eigenvalue weighted by Gasteiger charge is 2.23. The third-order valence-corrected chi connectivity index (χ3v) is 4.26. The van der Waals surface area contributed by atoms with E-state index in [2.05, 4.69) is 22.1 Å².